The van der Waals surface area contributed by atoms with Crippen LogP contribution in [0.5, 0.6) is 5.75 Å². The van der Waals surface area contributed by atoms with Crippen LogP contribution >= 0.6 is 23.2 Å². The first-order valence-corrected chi connectivity index (χ1v) is 9.66. The van der Waals surface area contributed by atoms with E-state index in [1.807, 2.05) is 0 Å². The highest BCUT2D eigenvalue weighted by atomic mass is 35.5. The zero-order chi connectivity index (χ0) is 21.3. The van der Waals surface area contributed by atoms with Crippen molar-refractivity contribution in [3.05, 3.63) is 76.0 Å². The molecule has 0 aliphatic carbocycles. The second kappa shape index (κ2) is 8.30. The van der Waals surface area contributed by atoms with Crippen molar-refractivity contribution in [1.82, 2.24) is 15.0 Å². The van der Waals surface area contributed by atoms with E-state index in [0.717, 1.165) is 5.56 Å². The second-order valence-corrected chi connectivity index (χ2v) is 7.38. The molecule has 0 saturated heterocycles. The first kappa shape index (κ1) is 20.1. The summed E-state index contributed by atoms with van der Waals surface area (Å²) in [7, 11) is 0. The van der Waals surface area contributed by atoms with Gasteiger partial charge in [-0.1, -0.05) is 23.2 Å². The van der Waals surface area contributed by atoms with Gasteiger partial charge in [-0.15, -0.1) is 10.2 Å². The van der Waals surface area contributed by atoms with Gasteiger partial charge in [-0.25, -0.2) is 4.39 Å². The first-order valence-electron chi connectivity index (χ1n) is 8.90. The van der Waals surface area contributed by atoms with Crippen molar-refractivity contribution in [2.75, 3.05) is 11.9 Å². The number of hydrogen-bond acceptors (Lipinski definition) is 4. The molecular formula is C21H15Cl2FN4O2. The van der Waals surface area contributed by atoms with Crippen LogP contribution in [-0.4, -0.2) is 27.5 Å². The molecule has 1 amide bonds. The van der Waals surface area contributed by atoms with Crippen LogP contribution in [0.25, 0.3) is 16.7 Å². The van der Waals surface area contributed by atoms with Crippen LogP contribution in [0.1, 0.15) is 5.56 Å². The van der Waals surface area contributed by atoms with Gasteiger partial charge in [-0.2, -0.15) is 4.80 Å². The molecule has 0 aliphatic rings. The normalized spacial score (nSPS) is 10.9. The number of rotatable bonds is 5. The van der Waals surface area contributed by atoms with Crippen LogP contribution in [0.4, 0.5) is 10.1 Å². The number of nitrogens with one attached hydrogen (secondary N) is 1. The quantitative estimate of drug-likeness (QED) is 0.459. The van der Waals surface area contributed by atoms with Crippen LogP contribution in [-0.2, 0) is 4.79 Å². The predicted octanol–water partition coefficient (Wildman–Crippen LogP) is 5.19. The Labute approximate surface area is 181 Å². The molecule has 0 atom stereocenters. The highest BCUT2D eigenvalue weighted by Gasteiger charge is 2.12. The van der Waals surface area contributed by atoms with Crippen molar-refractivity contribution in [3.8, 4) is 11.4 Å². The SMILES string of the molecule is Cc1cc(Cl)cc(Cl)c1OCC(=O)Nc1ccc2nn(-c3ccc(F)cc3)nc2c1. The van der Waals surface area contributed by atoms with Crippen LogP contribution in [0.15, 0.2) is 54.6 Å². The molecular weight excluding hydrogens is 430 g/mol. The van der Waals surface area contributed by atoms with Gasteiger partial charge in [0.2, 0.25) is 0 Å². The number of aromatic nitrogens is 3. The average molecular weight is 445 g/mol. The smallest absolute Gasteiger partial charge is 0.262 e. The van der Waals surface area contributed by atoms with Crippen molar-refractivity contribution >= 4 is 45.8 Å². The monoisotopic (exact) mass is 444 g/mol. The molecule has 0 radical (unpaired) electrons. The fraction of sp³-hybridized carbons (Fsp3) is 0.0952. The molecule has 3 aromatic carbocycles. The fourth-order valence-corrected chi connectivity index (χ4v) is 3.54. The number of halogens is 3. The van der Waals surface area contributed by atoms with Gasteiger partial charge in [0.15, 0.2) is 6.61 Å². The second-order valence-electron chi connectivity index (χ2n) is 6.54. The zero-order valence-electron chi connectivity index (χ0n) is 15.7. The third-order valence-electron chi connectivity index (χ3n) is 4.26. The Balaban J connectivity index is 1.46. The summed E-state index contributed by atoms with van der Waals surface area (Å²) < 4.78 is 18.7. The van der Waals surface area contributed by atoms with Crippen LogP contribution in [0.2, 0.25) is 10.0 Å². The summed E-state index contributed by atoms with van der Waals surface area (Å²) in [5.41, 5.74) is 3.12. The molecule has 1 heterocycles. The number of hydrogen-bond donors (Lipinski definition) is 1. The number of aryl methyl sites for hydroxylation is 1. The molecule has 30 heavy (non-hydrogen) atoms. The van der Waals surface area contributed by atoms with Crippen molar-refractivity contribution < 1.29 is 13.9 Å². The van der Waals surface area contributed by atoms with E-state index < -0.39 is 0 Å². The summed E-state index contributed by atoms with van der Waals surface area (Å²) in [4.78, 5) is 13.7. The third-order valence-corrected chi connectivity index (χ3v) is 4.76. The van der Waals surface area contributed by atoms with E-state index in [-0.39, 0.29) is 18.3 Å². The highest BCUT2D eigenvalue weighted by molar-refractivity contribution is 6.35. The Morgan fingerprint density at radius 3 is 2.53 bits per heavy atom. The number of benzene rings is 3. The fourth-order valence-electron chi connectivity index (χ4n) is 2.89. The number of fused-ring (bicyclic) bond motifs is 1. The van der Waals surface area contributed by atoms with E-state index >= 15 is 0 Å². The van der Waals surface area contributed by atoms with Crippen molar-refractivity contribution in [1.29, 1.82) is 0 Å². The highest BCUT2D eigenvalue weighted by Crippen LogP contribution is 2.31. The molecule has 9 heteroatoms. The molecule has 0 fully saturated rings. The summed E-state index contributed by atoms with van der Waals surface area (Å²) in [6, 6.07) is 14.2. The number of carbonyl (C=O) groups is 1. The van der Waals surface area contributed by atoms with Gasteiger partial charge >= 0.3 is 0 Å². The lowest BCUT2D eigenvalue weighted by atomic mass is 10.2. The minimum atomic E-state index is -0.356. The molecule has 4 aromatic rings. The van der Waals surface area contributed by atoms with Crippen molar-refractivity contribution in [2.45, 2.75) is 6.92 Å². The number of amides is 1. The standard InChI is InChI=1S/C21H15Cl2FN4O2/c1-12-8-13(22)9-17(23)21(12)30-11-20(29)25-15-4-7-18-19(10-15)27-28(26-18)16-5-2-14(24)3-6-16/h2-10H,11H2,1H3,(H,25,29). The van der Waals surface area contributed by atoms with Gasteiger partial charge in [0.25, 0.3) is 5.91 Å². The summed E-state index contributed by atoms with van der Waals surface area (Å²) in [6.07, 6.45) is 0. The maximum atomic E-state index is 13.1. The van der Waals surface area contributed by atoms with Crippen LogP contribution in [0.3, 0.4) is 0 Å². The van der Waals surface area contributed by atoms with Gasteiger partial charge < -0.3 is 10.1 Å². The van der Waals surface area contributed by atoms with Gasteiger partial charge in [0.05, 0.1) is 10.7 Å². The molecule has 152 valence electrons. The lowest BCUT2D eigenvalue weighted by molar-refractivity contribution is -0.118. The number of nitrogens with zero attached hydrogens (tertiary/aromatic N) is 3. The maximum Gasteiger partial charge on any atom is 0.262 e. The Morgan fingerprint density at radius 1 is 1.07 bits per heavy atom. The largest absolute Gasteiger partial charge is 0.482 e. The van der Waals surface area contributed by atoms with Gasteiger partial charge in [-0.05, 0) is 67.1 Å². The molecule has 4 rings (SSSR count). The first-order chi connectivity index (χ1) is 14.4. The number of anilines is 1. The maximum absolute atomic E-state index is 13.1. The lowest BCUT2D eigenvalue weighted by Gasteiger charge is -2.11. The molecule has 1 N–H and O–H groups in total. The molecule has 0 spiro atoms. The Morgan fingerprint density at radius 2 is 1.80 bits per heavy atom. The topological polar surface area (TPSA) is 69.0 Å². The number of ether oxygens (including phenoxy) is 1. The molecule has 1 aromatic heterocycles. The van der Waals surface area contributed by atoms with E-state index in [2.05, 4.69) is 15.5 Å². The van der Waals surface area contributed by atoms with Gasteiger partial charge in [-0.3, -0.25) is 4.79 Å². The van der Waals surface area contributed by atoms with Crippen molar-refractivity contribution in [2.24, 2.45) is 0 Å². The number of carbonyl (C=O) groups excluding carboxylic acids is 1. The van der Waals surface area contributed by atoms with Gasteiger partial charge in [0.1, 0.15) is 22.6 Å². The van der Waals surface area contributed by atoms with Crippen molar-refractivity contribution in [3.63, 3.8) is 0 Å². The lowest BCUT2D eigenvalue weighted by Crippen LogP contribution is -2.20. The van der Waals surface area contributed by atoms with Gasteiger partial charge in [0, 0.05) is 10.7 Å². The molecule has 0 bridgehead atoms. The summed E-state index contributed by atoms with van der Waals surface area (Å²) in [5, 5.41) is 12.3. The Kier molecular flexibility index (Phi) is 5.57. The Bertz CT molecular complexity index is 1220. The summed E-state index contributed by atoms with van der Waals surface area (Å²) in [5.74, 6) is -0.280. The predicted molar refractivity (Wildman–Crippen MR) is 114 cm³/mol. The minimum absolute atomic E-state index is 0.220. The van der Waals surface area contributed by atoms with Crippen LogP contribution < -0.4 is 10.1 Å². The summed E-state index contributed by atoms with van der Waals surface area (Å²) >= 11 is 12.1. The third kappa shape index (κ3) is 4.37. The molecule has 0 aliphatic heterocycles. The van der Waals surface area contributed by atoms with Crippen LogP contribution in [0, 0.1) is 12.7 Å². The summed E-state index contributed by atoms with van der Waals surface area (Å²) in [6.45, 7) is 1.58. The Hall–Kier alpha value is -3.16. The average Bonchev–Trinajstić information content (AvgIpc) is 3.11. The minimum Gasteiger partial charge on any atom is -0.482 e. The molecule has 0 unspecified atom stereocenters. The van der Waals surface area contributed by atoms with E-state index in [1.54, 1.807) is 49.4 Å². The van der Waals surface area contributed by atoms with E-state index in [4.69, 9.17) is 27.9 Å². The van der Waals surface area contributed by atoms with E-state index in [0.29, 0.717) is 38.2 Å². The molecule has 6 nitrogen and oxygen atoms in total. The zero-order valence-corrected chi connectivity index (χ0v) is 17.2. The van der Waals surface area contributed by atoms with E-state index in [9.17, 15) is 9.18 Å². The van der Waals surface area contributed by atoms with E-state index in [1.165, 1.54) is 16.9 Å². The molecule has 0 saturated carbocycles.